The maximum atomic E-state index is 12.6. The summed E-state index contributed by atoms with van der Waals surface area (Å²) in [5.74, 6) is -1.41. The predicted octanol–water partition coefficient (Wildman–Crippen LogP) is 2.69. The first-order valence-corrected chi connectivity index (χ1v) is 5.81. The van der Waals surface area contributed by atoms with Crippen molar-refractivity contribution < 1.29 is 23.1 Å². The summed E-state index contributed by atoms with van der Waals surface area (Å²) in [7, 11) is 0. The standard InChI is InChI=1S/C12H15F2NO3/c1-12(2,3)18-11(17)15-6-4-7(9(13)14)8(5-6)10(15)16/h6,8H,4-5H2,1-3H3. The maximum Gasteiger partial charge on any atom is 0.417 e. The highest BCUT2D eigenvalue weighted by Crippen LogP contribution is 2.44. The first-order chi connectivity index (χ1) is 8.20. The molecule has 0 N–H and O–H groups in total. The monoisotopic (exact) mass is 259 g/mol. The fourth-order valence-corrected chi connectivity index (χ4v) is 2.45. The van der Waals surface area contributed by atoms with Gasteiger partial charge in [0.25, 0.3) is 6.08 Å². The van der Waals surface area contributed by atoms with Crippen LogP contribution in [0.15, 0.2) is 11.7 Å². The highest BCUT2D eigenvalue weighted by Gasteiger charge is 2.53. The summed E-state index contributed by atoms with van der Waals surface area (Å²) < 4.78 is 30.2. The second-order valence-corrected chi connectivity index (χ2v) is 5.62. The molecule has 0 spiro atoms. The van der Waals surface area contributed by atoms with Gasteiger partial charge in [-0.05, 0) is 33.6 Å². The van der Waals surface area contributed by atoms with Crippen LogP contribution < -0.4 is 0 Å². The minimum Gasteiger partial charge on any atom is -0.443 e. The molecule has 1 saturated carbocycles. The maximum absolute atomic E-state index is 12.6. The summed E-state index contributed by atoms with van der Waals surface area (Å²) in [6, 6.07) is -0.478. The van der Waals surface area contributed by atoms with Crippen molar-refractivity contribution in [2.75, 3.05) is 0 Å². The van der Waals surface area contributed by atoms with Gasteiger partial charge in [-0.1, -0.05) is 0 Å². The van der Waals surface area contributed by atoms with Crippen LogP contribution in [0.25, 0.3) is 0 Å². The quantitative estimate of drug-likeness (QED) is 0.672. The van der Waals surface area contributed by atoms with Crippen molar-refractivity contribution in [3.05, 3.63) is 11.7 Å². The average Bonchev–Trinajstić information content (AvgIpc) is 2.71. The van der Waals surface area contributed by atoms with E-state index in [1.807, 2.05) is 0 Å². The number of hydrogen-bond donors (Lipinski definition) is 0. The van der Waals surface area contributed by atoms with E-state index in [2.05, 4.69) is 0 Å². The highest BCUT2D eigenvalue weighted by molar-refractivity contribution is 5.98. The molecule has 0 radical (unpaired) electrons. The number of likely N-dealkylation sites (tertiary alicyclic amines) is 1. The van der Waals surface area contributed by atoms with Crippen LogP contribution in [-0.2, 0) is 9.53 Å². The molecule has 1 heterocycles. The largest absolute Gasteiger partial charge is 0.443 e. The Hall–Kier alpha value is -1.46. The molecular weight excluding hydrogens is 244 g/mol. The zero-order chi connectivity index (χ0) is 13.7. The van der Waals surface area contributed by atoms with E-state index >= 15 is 0 Å². The van der Waals surface area contributed by atoms with Gasteiger partial charge < -0.3 is 4.74 Å². The fraction of sp³-hybridized carbons (Fsp3) is 0.667. The average molecular weight is 259 g/mol. The molecule has 4 nitrogen and oxygen atoms in total. The Labute approximate surface area is 104 Å². The number of amides is 2. The van der Waals surface area contributed by atoms with Crippen LogP contribution in [0.2, 0.25) is 0 Å². The molecule has 6 heteroatoms. The zero-order valence-corrected chi connectivity index (χ0v) is 10.5. The van der Waals surface area contributed by atoms with Gasteiger partial charge in [-0.2, -0.15) is 8.78 Å². The minimum atomic E-state index is -1.79. The number of rotatable bonds is 0. The van der Waals surface area contributed by atoms with Gasteiger partial charge in [-0.15, -0.1) is 0 Å². The number of piperidine rings is 1. The lowest BCUT2D eigenvalue weighted by atomic mass is 10.0. The van der Waals surface area contributed by atoms with E-state index in [0.29, 0.717) is 0 Å². The van der Waals surface area contributed by atoms with Gasteiger partial charge >= 0.3 is 6.09 Å². The minimum absolute atomic E-state index is 0.0674. The van der Waals surface area contributed by atoms with Crippen molar-refractivity contribution in [1.29, 1.82) is 0 Å². The molecule has 0 aromatic carbocycles. The molecule has 0 aromatic heterocycles. The number of hydrogen-bond acceptors (Lipinski definition) is 3. The van der Waals surface area contributed by atoms with E-state index in [-0.39, 0.29) is 18.4 Å². The molecule has 1 aliphatic heterocycles. The molecule has 1 saturated heterocycles. The molecule has 2 amide bonds. The van der Waals surface area contributed by atoms with Crippen LogP contribution in [0.5, 0.6) is 0 Å². The molecule has 2 fully saturated rings. The Balaban J connectivity index is 2.15. The number of nitrogens with zero attached hydrogens (tertiary/aromatic N) is 1. The van der Waals surface area contributed by atoms with Crippen molar-refractivity contribution in [2.45, 2.75) is 45.3 Å². The smallest absolute Gasteiger partial charge is 0.417 e. The van der Waals surface area contributed by atoms with Crippen molar-refractivity contribution in [3.63, 3.8) is 0 Å². The van der Waals surface area contributed by atoms with Crippen LogP contribution in [0.1, 0.15) is 33.6 Å². The summed E-state index contributed by atoms with van der Waals surface area (Å²) in [5.41, 5.74) is -0.826. The topological polar surface area (TPSA) is 46.6 Å². The zero-order valence-electron chi connectivity index (χ0n) is 10.5. The van der Waals surface area contributed by atoms with Crippen molar-refractivity contribution in [2.24, 2.45) is 5.92 Å². The normalized spacial score (nSPS) is 26.8. The molecule has 18 heavy (non-hydrogen) atoms. The molecule has 2 aliphatic rings. The first-order valence-electron chi connectivity index (χ1n) is 5.81. The van der Waals surface area contributed by atoms with Gasteiger partial charge in [0.1, 0.15) is 5.60 Å². The van der Waals surface area contributed by atoms with E-state index in [1.165, 1.54) is 0 Å². The third kappa shape index (κ3) is 2.11. The number of carbonyl (C=O) groups is 2. The summed E-state index contributed by atoms with van der Waals surface area (Å²) in [4.78, 5) is 24.7. The van der Waals surface area contributed by atoms with Crippen LogP contribution >= 0.6 is 0 Å². The molecule has 2 rings (SSSR count). The van der Waals surface area contributed by atoms with Gasteiger partial charge in [0.2, 0.25) is 5.91 Å². The van der Waals surface area contributed by atoms with Gasteiger partial charge in [0.15, 0.2) is 0 Å². The second kappa shape index (κ2) is 4.03. The Morgan fingerprint density at radius 2 is 2.00 bits per heavy atom. The van der Waals surface area contributed by atoms with Crippen molar-refractivity contribution in [3.8, 4) is 0 Å². The molecule has 2 atom stereocenters. The van der Waals surface area contributed by atoms with Crippen LogP contribution in [-0.4, -0.2) is 28.5 Å². The lowest BCUT2D eigenvalue weighted by Gasteiger charge is -2.29. The van der Waals surface area contributed by atoms with Gasteiger partial charge in [0.05, 0.1) is 5.92 Å². The van der Waals surface area contributed by atoms with Crippen molar-refractivity contribution >= 4 is 12.0 Å². The van der Waals surface area contributed by atoms with Gasteiger partial charge in [-0.25, -0.2) is 9.69 Å². The molecule has 100 valence electrons. The Kier molecular flexibility index (Phi) is 2.91. The SMILES string of the molecule is CC(C)(C)OC(=O)N1C(=O)C2CC1CC2=C(F)F. The lowest BCUT2D eigenvalue weighted by molar-refractivity contribution is -0.131. The molecule has 1 aliphatic carbocycles. The summed E-state index contributed by atoms with van der Waals surface area (Å²) in [6.07, 6.45) is -2.18. The van der Waals surface area contributed by atoms with E-state index in [0.717, 1.165) is 4.90 Å². The first kappa shape index (κ1) is 13.0. The highest BCUT2D eigenvalue weighted by atomic mass is 19.3. The van der Waals surface area contributed by atoms with Gasteiger partial charge in [0, 0.05) is 11.6 Å². The number of ether oxygens (including phenoxy) is 1. The van der Waals surface area contributed by atoms with Crippen LogP contribution in [0, 0.1) is 5.92 Å². The number of carbonyl (C=O) groups excluding carboxylic acids is 2. The molecular formula is C12H15F2NO3. The van der Waals surface area contributed by atoms with Crippen LogP contribution in [0.4, 0.5) is 13.6 Å². The lowest BCUT2D eigenvalue weighted by Crippen LogP contribution is -2.45. The fourth-order valence-electron chi connectivity index (χ4n) is 2.45. The summed E-state index contributed by atoms with van der Waals surface area (Å²) >= 11 is 0. The van der Waals surface area contributed by atoms with Crippen LogP contribution in [0.3, 0.4) is 0 Å². The second-order valence-electron chi connectivity index (χ2n) is 5.62. The Morgan fingerprint density at radius 1 is 1.39 bits per heavy atom. The number of imide groups is 1. The summed E-state index contributed by atoms with van der Waals surface area (Å²) in [5, 5.41) is 0. The Morgan fingerprint density at radius 3 is 2.44 bits per heavy atom. The molecule has 2 bridgehead atoms. The van der Waals surface area contributed by atoms with E-state index in [4.69, 9.17) is 4.74 Å². The van der Waals surface area contributed by atoms with E-state index in [9.17, 15) is 18.4 Å². The summed E-state index contributed by atoms with van der Waals surface area (Å²) in [6.45, 7) is 5.07. The third-order valence-corrected chi connectivity index (χ3v) is 3.12. The number of fused-ring (bicyclic) bond motifs is 2. The Bertz CT molecular complexity index is 435. The van der Waals surface area contributed by atoms with E-state index in [1.54, 1.807) is 20.8 Å². The molecule has 2 unspecified atom stereocenters. The predicted molar refractivity (Wildman–Crippen MR) is 58.8 cm³/mol. The third-order valence-electron chi connectivity index (χ3n) is 3.12. The number of halogens is 2. The van der Waals surface area contributed by atoms with Crippen molar-refractivity contribution in [1.82, 2.24) is 4.90 Å². The van der Waals surface area contributed by atoms with E-state index < -0.39 is 35.6 Å². The molecule has 0 aromatic rings. The van der Waals surface area contributed by atoms with Gasteiger partial charge in [-0.3, -0.25) is 4.79 Å².